The van der Waals surface area contributed by atoms with Crippen molar-refractivity contribution in [3.8, 4) is 5.75 Å². The normalized spacial score (nSPS) is 16.2. The molecule has 0 saturated carbocycles. The van der Waals surface area contributed by atoms with Crippen LogP contribution in [0.4, 0.5) is 5.69 Å². The van der Waals surface area contributed by atoms with E-state index in [9.17, 15) is 0 Å². The molecule has 2 aromatic carbocycles. The number of nitrogens with two attached hydrogens (primary N) is 1. The number of halogens is 1. The Kier molecular flexibility index (Phi) is 7.84. The van der Waals surface area contributed by atoms with E-state index in [4.69, 9.17) is 10.5 Å². The smallest absolute Gasteiger partial charge is 0.189 e. The van der Waals surface area contributed by atoms with E-state index >= 15 is 0 Å². The van der Waals surface area contributed by atoms with E-state index in [0.29, 0.717) is 19.1 Å². The number of aliphatic imine (C=N–C) groups is 1. The van der Waals surface area contributed by atoms with Crippen LogP contribution in [0, 0.1) is 0 Å². The third kappa shape index (κ3) is 5.81. The van der Waals surface area contributed by atoms with Crippen LogP contribution in [0.2, 0.25) is 0 Å². The summed E-state index contributed by atoms with van der Waals surface area (Å²) < 4.78 is 5.66. The molecule has 134 valence electrons. The van der Waals surface area contributed by atoms with Crippen LogP contribution in [0.3, 0.4) is 0 Å². The lowest BCUT2D eigenvalue weighted by Crippen LogP contribution is -2.37. The fourth-order valence-corrected chi connectivity index (χ4v) is 2.78. The lowest BCUT2D eigenvalue weighted by molar-refractivity contribution is 0.262. The molecule has 0 saturated heterocycles. The largest absolute Gasteiger partial charge is 0.493 e. The van der Waals surface area contributed by atoms with Gasteiger partial charge in [0.25, 0.3) is 0 Å². The molecule has 0 bridgehead atoms. The Labute approximate surface area is 166 Å². The van der Waals surface area contributed by atoms with Crippen molar-refractivity contribution in [3.05, 3.63) is 60.2 Å². The zero-order valence-corrected chi connectivity index (χ0v) is 16.5. The predicted molar refractivity (Wildman–Crippen MR) is 114 cm³/mol. The SMILES string of the molecule is I.NC(=NCCCNc1ccccc1)NC1CCOc2ccccc21. The number of anilines is 1. The average molecular weight is 452 g/mol. The minimum absolute atomic E-state index is 0. The predicted octanol–water partition coefficient (Wildman–Crippen LogP) is 3.53. The molecule has 1 unspecified atom stereocenters. The van der Waals surface area contributed by atoms with E-state index in [-0.39, 0.29) is 30.0 Å². The van der Waals surface area contributed by atoms with Gasteiger partial charge in [-0.1, -0.05) is 36.4 Å². The molecular weight excluding hydrogens is 427 g/mol. The maximum atomic E-state index is 6.03. The Balaban J connectivity index is 0.00000225. The van der Waals surface area contributed by atoms with E-state index in [2.05, 4.69) is 33.8 Å². The molecule has 1 heterocycles. The van der Waals surface area contributed by atoms with Gasteiger partial charge in [-0.25, -0.2) is 0 Å². The van der Waals surface area contributed by atoms with Crippen LogP contribution in [-0.4, -0.2) is 25.7 Å². The Morgan fingerprint density at radius 3 is 2.72 bits per heavy atom. The number of ether oxygens (including phenoxy) is 1. The standard InChI is InChI=1S/C19H24N4O.HI/c20-19(22-13-6-12-21-15-7-2-1-3-8-15)23-17-11-14-24-18-10-5-4-9-16(17)18;/h1-5,7-10,17,21H,6,11-14H2,(H3,20,22,23);1H. The number of guanidine groups is 1. The minimum atomic E-state index is 0. The maximum Gasteiger partial charge on any atom is 0.189 e. The van der Waals surface area contributed by atoms with Crippen LogP contribution in [0.5, 0.6) is 5.75 Å². The number of benzene rings is 2. The summed E-state index contributed by atoms with van der Waals surface area (Å²) in [6, 6.07) is 18.4. The highest BCUT2D eigenvalue weighted by Crippen LogP contribution is 2.31. The molecule has 6 heteroatoms. The van der Waals surface area contributed by atoms with E-state index in [1.165, 1.54) is 0 Å². The summed E-state index contributed by atoms with van der Waals surface area (Å²) >= 11 is 0. The first-order valence-electron chi connectivity index (χ1n) is 8.40. The van der Waals surface area contributed by atoms with E-state index in [0.717, 1.165) is 36.4 Å². The van der Waals surface area contributed by atoms with Gasteiger partial charge in [0.2, 0.25) is 0 Å². The van der Waals surface area contributed by atoms with Crippen molar-refractivity contribution in [1.29, 1.82) is 0 Å². The number of nitrogens with zero attached hydrogens (tertiary/aromatic N) is 1. The van der Waals surface area contributed by atoms with Gasteiger partial charge in [0, 0.05) is 30.8 Å². The highest BCUT2D eigenvalue weighted by Gasteiger charge is 2.20. The summed E-state index contributed by atoms with van der Waals surface area (Å²) in [7, 11) is 0. The molecule has 0 amide bonds. The van der Waals surface area contributed by atoms with Gasteiger partial charge in [0.15, 0.2) is 5.96 Å². The van der Waals surface area contributed by atoms with Crippen molar-refractivity contribution < 1.29 is 4.74 Å². The van der Waals surface area contributed by atoms with Gasteiger partial charge >= 0.3 is 0 Å². The highest BCUT2D eigenvalue weighted by atomic mass is 127. The highest BCUT2D eigenvalue weighted by molar-refractivity contribution is 14.0. The molecule has 4 N–H and O–H groups in total. The van der Waals surface area contributed by atoms with Gasteiger partial charge < -0.3 is 21.1 Å². The fourth-order valence-electron chi connectivity index (χ4n) is 2.78. The second-order valence-electron chi connectivity index (χ2n) is 5.79. The molecule has 2 aromatic rings. The Morgan fingerprint density at radius 2 is 1.88 bits per heavy atom. The van der Waals surface area contributed by atoms with Gasteiger partial charge in [-0.3, -0.25) is 4.99 Å². The molecule has 5 nitrogen and oxygen atoms in total. The Hall–Kier alpha value is -1.96. The summed E-state index contributed by atoms with van der Waals surface area (Å²) in [6.07, 6.45) is 1.82. The first kappa shape index (κ1) is 19.4. The van der Waals surface area contributed by atoms with Crippen LogP contribution < -0.4 is 21.1 Å². The number of nitrogens with one attached hydrogen (secondary N) is 2. The molecule has 0 aliphatic carbocycles. The maximum absolute atomic E-state index is 6.03. The van der Waals surface area contributed by atoms with Gasteiger partial charge in [-0.05, 0) is 24.6 Å². The zero-order chi connectivity index (χ0) is 16.6. The number of fused-ring (bicyclic) bond motifs is 1. The number of para-hydroxylation sites is 2. The quantitative estimate of drug-likeness (QED) is 0.272. The van der Waals surface area contributed by atoms with Gasteiger partial charge in [-0.2, -0.15) is 0 Å². The molecule has 1 atom stereocenters. The van der Waals surface area contributed by atoms with Crippen LogP contribution in [-0.2, 0) is 0 Å². The molecule has 0 fully saturated rings. The van der Waals surface area contributed by atoms with E-state index in [1.807, 2.05) is 36.4 Å². The van der Waals surface area contributed by atoms with Crippen molar-refractivity contribution in [2.24, 2.45) is 10.7 Å². The van der Waals surface area contributed by atoms with E-state index < -0.39 is 0 Å². The summed E-state index contributed by atoms with van der Waals surface area (Å²) in [5.41, 5.74) is 8.31. The minimum Gasteiger partial charge on any atom is -0.493 e. The first-order chi connectivity index (χ1) is 11.8. The van der Waals surface area contributed by atoms with Crippen LogP contribution >= 0.6 is 24.0 Å². The van der Waals surface area contributed by atoms with Crippen LogP contribution in [0.25, 0.3) is 0 Å². The molecule has 0 spiro atoms. The van der Waals surface area contributed by atoms with Crippen molar-refractivity contribution >= 4 is 35.6 Å². The third-order valence-electron chi connectivity index (χ3n) is 4.00. The van der Waals surface area contributed by atoms with Gasteiger partial charge in [0.05, 0.1) is 12.6 Å². The first-order valence-corrected chi connectivity index (χ1v) is 8.40. The lowest BCUT2D eigenvalue weighted by atomic mass is 10.0. The summed E-state index contributed by atoms with van der Waals surface area (Å²) in [5, 5.41) is 6.68. The van der Waals surface area contributed by atoms with E-state index in [1.54, 1.807) is 0 Å². The monoisotopic (exact) mass is 452 g/mol. The van der Waals surface area contributed by atoms with Gasteiger partial charge in [0.1, 0.15) is 5.75 Å². The molecule has 25 heavy (non-hydrogen) atoms. The second-order valence-corrected chi connectivity index (χ2v) is 5.79. The molecule has 1 aliphatic heterocycles. The molecule has 1 aliphatic rings. The number of rotatable bonds is 6. The van der Waals surface area contributed by atoms with Crippen molar-refractivity contribution in [2.45, 2.75) is 18.9 Å². The van der Waals surface area contributed by atoms with Crippen molar-refractivity contribution in [2.75, 3.05) is 25.0 Å². The Bertz CT molecular complexity index is 678. The fraction of sp³-hybridized carbons (Fsp3) is 0.316. The number of hydrogen-bond donors (Lipinski definition) is 3. The van der Waals surface area contributed by atoms with Crippen molar-refractivity contribution in [3.63, 3.8) is 0 Å². The van der Waals surface area contributed by atoms with Crippen molar-refractivity contribution in [1.82, 2.24) is 5.32 Å². The average Bonchev–Trinajstić information content (AvgIpc) is 2.63. The summed E-state index contributed by atoms with van der Waals surface area (Å²) in [4.78, 5) is 4.42. The molecule has 0 radical (unpaired) electrons. The lowest BCUT2D eigenvalue weighted by Gasteiger charge is -2.26. The third-order valence-corrected chi connectivity index (χ3v) is 4.00. The number of hydrogen-bond acceptors (Lipinski definition) is 3. The van der Waals surface area contributed by atoms with Crippen LogP contribution in [0.15, 0.2) is 59.6 Å². The topological polar surface area (TPSA) is 71.7 Å². The second kappa shape index (κ2) is 10.1. The zero-order valence-electron chi connectivity index (χ0n) is 14.2. The molecular formula is C19H25IN4O. The van der Waals surface area contributed by atoms with Gasteiger partial charge in [-0.15, -0.1) is 24.0 Å². The molecule has 0 aromatic heterocycles. The summed E-state index contributed by atoms with van der Waals surface area (Å²) in [5.74, 6) is 1.43. The summed E-state index contributed by atoms with van der Waals surface area (Å²) in [6.45, 7) is 2.27. The Morgan fingerprint density at radius 1 is 1.12 bits per heavy atom. The van der Waals surface area contributed by atoms with Crippen LogP contribution in [0.1, 0.15) is 24.4 Å². The molecule has 3 rings (SSSR count).